The van der Waals surface area contributed by atoms with E-state index in [2.05, 4.69) is 41.1 Å². The summed E-state index contributed by atoms with van der Waals surface area (Å²) in [7, 11) is 2.18. The largest absolute Gasteiger partial charge is 0.368 e. The molecular weight excluding hydrogens is 260 g/mol. The molecule has 0 spiro atoms. The van der Waals surface area contributed by atoms with Crippen LogP contribution in [-0.4, -0.2) is 41.0 Å². The van der Waals surface area contributed by atoms with E-state index in [0.29, 0.717) is 5.15 Å². The smallest absolute Gasteiger partial charge is 0.137 e. The quantitative estimate of drug-likeness (QED) is 0.814. The van der Waals surface area contributed by atoms with Gasteiger partial charge in [-0.2, -0.15) is 0 Å². The number of likely N-dealkylation sites (N-methyl/N-ethyl adjacent to an activating group) is 1. The van der Waals surface area contributed by atoms with Gasteiger partial charge in [0.1, 0.15) is 16.8 Å². The van der Waals surface area contributed by atoms with Crippen LogP contribution in [0.5, 0.6) is 0 Å². The lowest BCUT2D eigenvalue weighted by Crippen LogP contribution is -2.27. The Bertz CT molecular complexity index is 443. The van der Waals surface area contributed by atoms with Gasteiger partial charge in [0.15, 0.2) is 0 Å². The predicted molar refractivity (Wildman–Crippen MR) is 80.0 cm³/mol. The van der Waals surface area contributed by atoms with E-state index in [1.807, 2.05) is 6.92 Å². The molecule has 1 aromatic heterocycles. The Morgan fingerprint density at radius 3 is 2.63 bits per heavy atom. The summed E-state index contributed by atoms with van der Waals surface area (Å²) in [5.74, 6) is 1.95. The van der Waals surface area contributed by atoms with Gasteiger partial charge in [-0.1, -0.05) is 25.4 Å². The minimum absolute atomic E-state index is 0.285. The van der Waals surface area contributed by atoms with Gasteiger partial charge in [-0.3, -0.25) is 0 Å². The lowest BCUT2D eigenvalue weighted by molar-refractivity contribution is 0.337. The zero-order valence-corrected chi connectivity index (χ0v) is 13.0. The summed E-state index contributed by atoms with van der Waals surface area (Å²) in [5.41, 5.74) is 0.931. The topological polar surface area (TPSA) is 41.1 Å². The molecule has 1 heterocycles. The zero-order valence-electron chi connectivity index (χ0n) is 12.2. The number of halogens is 1. The van der Waals surface area contributed by atoms with Crippen LogP contribution in [0, 0.1) is 6.92 Å². The van der Waals surface area contributed by atoms with Crippen molar-refractivity contribution in [3.05, 3.63) is 16.5 Å². The highest BCUT2D eigenvalue weighted by Gasteiger charge is 2.25. The Labute approximate surface area is 120 Å². The summed E-state index contributed by atoms with van der Waals surface area (Å²) in [5, 5.41) is 3.94. The predicted octanol–water partition coefficient (Wildman–Crippen LogP) is 3.07. The van der Waals surface area contributed by atoms with E-state index in [4.69, 9.17) is 11.6 Å². The lowest BCUT2D eigenvalue weighted by atomic mass is 10.2. The van der Waals surface area contributed by atoms with E-state index in [1.165, 1.54) is 12.8 Å². The molecule has 0 bridgehead atoms. The van der Waals surface area contributed by atoms with Crippen LogP contribution < -0.4 is 5.32 Å². The van der Waals surface area contributed by atoms with E-state index in [-0.39, 0.29) is 5.92 Å². The third kappa shape index (κ3) is 3.80. The van der Waals surface area contributed by atoms with Crippen molar-refractivity contribution in [1.29, 1.82) is 0 Å². The molecular formula is C14H23ClN4. The van der Waals surface area contributed by atoms with Crippen LogP contribution >= 0.6 is 11.6 Å². The summed E-state index contributed by atoms with van der Waals surface area (Å²) in [6, 6.07) is 0.795. The van der Waals surface area contributed by atoms with Gasteiger partial charge in [-0.25, -0.2) is 9.97 Å². The maximum absolute atomic E-state index is 6.16. The molecule has 4 nitrogen and oxygen atoms in total. The summed E-state index contributed by atoms with van der Waals surface area (Å²) in [6.07, 6.45) is 2.68. The highest BCUT2D eigenvalue weighted by atomic mass is 35.5. The molecule has 0 radical (unpaired) electrons. The molecule has 1 aliphatic carbocycles. The first-order chi connectivity index (χ1) is 8.99. The highest BCUT2D eigenvalue weighted by molar-refractivity contribution is 6.30. The number of anilines is 1. The third-order valence-electron chi connectivity index (χ3n) is 3.55. The maximum atomic E-state index is 6.16. The van der Waals surface area contributed by atoms with E-state index < -0.39 is 0 Å². The Morgan fingerprint density at radius 1 is 1.37 bits per heavy atom. The van der Waals surface area contributed by atoms with Crippen molar-refractivity contribution in [3.63, 3.8) is 0 Å². The van der Waals surface area contributed by atoms with Gasteiger partial charge < -0.3 is 10.2 Å². The molecule has 1 N–H and O–H groups in total. The van der Waals surface area contributed by atoms with Gasteiger partial charge in [0.2, 0.25) is 0 Å². The van der Waals surface area contributed by atoms with Crippen LogP contribution in [-0.2, 0) is 0 Å². The van der Waals surface area contributed by atoms with E-state index in [0.717, 1.165) is 36.3 Å². The van der Waals surface area contributed by atoms with Crippen molar-refractivity contribution in [3.8, 4) is 0 Å². The van der Waals surface area contributed by atoms with Crippen LogP contribution in [0.2, 0.25) is 5.15 Å². The second-order valence-corrected chi connectivity index (χ2v) is 6.00. The second-order valence-electron chi connectivity index (χ2n) is 5.64. The molecule has 1 fully saturated rings. The first kappa shape index (κ1) is 14.5. The van der Waals surface area contributed by atoms with Gasteiger partial charge in [-0.05, 0) is 26.8 Å². The molecule has 1 saturated carbocycles. The fourth-order valence-electron chi connectivity index (χ4n) is 1.98. The number of hydrogen-bond acceptors (Lipinski definition) is 4. The number of aromatic nitrogens is 2. The summed E-state index contributed by atoms with van der Waals surface area (Å²) in [6.45, 7) is 8.03. The fourth-order valence-corrected chi connectivity index (χ4v) is 2.16. The Hall–Kier alpha value is -0.870. The number of nitrogens with zero attached hydrogens (tertiary/aromatic N) is 3. The van der Waals surface area contributed by atoms with Gasteiger partial charge in [0.05, 0.1) is 0 Å². The highest BCUT2D eigenvalue weighted by Crippen LogP contribution is 2.25. The molecule has 1 aliphatic rings. The first-order valence-corrected chi connectivity index (χ1v) is 7.35. The Balaban J connectivity index is 1.97. The second kappa shape index (κ2) is 6.06. The zero-order chi connectivity index (χ0) is 14.0. The van der Waals surface area contributed by atoms with Gasteiger partial charge in [0.25, 0.3) is 0 Å². The molecule has 19 heavy (non-hydrogen) atoms. The van der Waals surface area contributed by atoms with Crippen molar-refractivity contribution in [2.75, 3.05) is 25.5 Å². The molecule has 0 aliphatic heterocycles. The van der Waals surface area contributed by atoms with E-state index >= 15 is 0 Å². The van der Waals surface area contributed by atoms with Crippen molar-refractivity contribution in [1.82, 2.24) is 14.9 Å². The van der Waals surface area contributed by atoms with E-state index in [9.17, 15) is 0 Å². The monoisotopic (exact) mass is 282 g/mol. The number of rotatable bonds is 6. The Morgan fingerprint density at radius 2 is 2.05 bits per heavy atom. The normalized spacial score (nSPS) is 15.3. The summed E-state index contributed by atoms with van der Waals surface area (Å²) in [4.78, 5) is 11.3. The van der Waals surface area contributed by atoms with Gasteiger partial charge in [-0.15, -0.1) is 0 Å². The van der Waals surface area contributed by atoms with Crippen molar-refractivity contribution in [2.24, 2.45) is 0 Å². The van der Waals surface area contributed by atoms with Crippen molar-refractivity contribution >= 4 is 17.4 Å². The maximum Gasteiger partial charge on any atom is 0.137 e. The average molecular weight is 283 g/mol. The van der Waals surface area contributed by atoms with Crippen LogP contribution in [0.25, 0.3) is 0 Å². The van der Waals surface area contributed by atoms with Gasteiger partial charge >= 0.3 is 0 Å². The summed E-state index contributed by atoms with van der Waals surface area (Å²) >= 11 is 6.16. The fraction of sp³-hybridized carbons (Fsp3) is 0.714. The lowest BCUT2D eigenvalue weighted by Gasteiger charge is -2.17. The molecule has 0 unspecified atom stereocenters. The molecule has 0 atom stereocenters. The SMILES string of the molecule is Cc1c(Cl)nc(C(C)C)nc1NCCN(C)C1CC1. The van der Waals surface area contributed by atoms with Crippen LogP contribution in [0.3, 0.4) is 0 Å². The third-order valence-corrected chi connectivity index (χ3v) is 3.92. The molecule has 106 valence electrons. The number of nitrogens with one attached hydrogen (secondary N) is 1. The number of hydrogen-bond donors (Lipinski definition) is 1. The first-order valence-electron chi connectivity index (χ1n) is 6.97. The van der Waals surface area contributed by atoms with Crippen LogP contribution in [0.4, 0.5) is 5.82 Å². The molecule has 0 aromatic carbocycles. The van der Waals surface area contributed by atoms with Crippen molar-refractivity contribution in [2.45, 2.75) is 45.6 Å². The minimum Gasteiger partial charge on any atom is -0.368 e. The molecule has 2 rings (SSSR count). The van der Waals surface area contributed by atoms with Crippen LogP contribution in [0.15, 0.2) is 0 Å². The van der Waals surface area contributed by atoms with E-state index in [1.54, 1.807) is 0 Å². The molecule has 1 aromatic rings. The average Bonchev–Trinajstić information content (AvgIpc) is 3.17. The standard InChI is InChI=1S/C14H23ClN4/c1-9(2)13-17-12(15)10(3)14(18-13)16-7-8-19(4)11-5-6-11/h9,11H,5-8H2,1-4H3,(H,16,17,18). The molecule has 0 saturated heterocycles. The van der Waals surface area contributed by atoms with Crippen molar-refractivity contribution < 1.29 is 0 Å². The van der Waals surface area contributed by atoms with Gasteiger partial charge in [0, 0.05) is 30.6 Å². The molecule has 5 heteroatoms. The van der Waals surface area contributed by atoms with Crippen LogP contribution in [0.1, 0.15) is 44.0 Å². The Kier molecular flexibility index (Phi) is 4.63. The summed E-state index contributed by atoms with van der Waals surface area (Å²) < 4.78 is 0. The molecule has 0 amide bonds. The minimum atomic E-state index is 0.285.